The summed E-state index contributed by atoms with van der Waals surface area (Å²) in [6.45, 7) is 4.28. The third kappa shape index (κ3) is 4.99. The largest absolute Gasteiger partial charge is 0.431 e. The number of anilines is 1. The van der Waals surface area contributed by atoms with Crippen LogP contribution in [0.3, 0.4) is 0 Å². The Morgan fingerprint density at radius 1 is 1.23 bits per heavy atom. The van der Waals surface area contributed by atoms with E-state index < -0.39 is 0 Å². The Bertz CT molecular complexity index is 891. The monoisotopic (exact) mass is 430 g/mol. The molecule has 3 aromatic rings. The Labute approximate surface area is 165 Å². The molecule has 1 aromatic heterocycles. The highest BCUT2D eigenvalue weighted by Crippen LogP contribution is 2.27. The van der Waals surface area contributed by atoms with Crippen molar-refractivity contribution in [3.8, 4) is 11.3 Å². The standard InChI is InChI=1S/C20H19BrN2O2S/c1-13(2)14-6-8-17(9-7-14)23-19(24)12-26-20-22-11-18(25-20)15-4-3-5-16(21)10-15/h3-11,13H,12H2,1-2H3,(H,23,24). The maximum atomic E-state index is 12.1. The lowest BCUT2D eigenvalue weighted by molar-refractivity contribution is -0.113. The van der Waals surface area contributed by atoms with Crippen LogP contribution in [0.15, 0.2) is 68.8 Å². The first kappa shape index (κ1) is 18.7. The van der Waals surface area contributed by atoms with Gasteiger partial charge in [0, 0.05) is 15.7 Å². The van der Waals surface area contributed by atoms with Gasteiger partial charge in [-0.2, -0.15) is 0 Å². The molecule has 1 N–H and O–H groups in total. The fraction of sp³-hybridized carbons (Fsp3) is 0.200. The summed E-state index contributed by atoms with van der Waals surface area (Å²) in [6.07, 6.45) is 1.67. The highest BCUT2D eigenvalue weighted by Gasteiger charge is 2.10. The van der Waals surface area contributed by atoms with E-state index in [9.17, 15) is 4.79 Å². The van der Waals surface area contributed by atoms with Gasteiger partial charge < -0.3 is 9.73 Å². The van der Waals surface area contributed by atoms with Crippen LogP contribution in [0.4, 0.5) is 5.69 Å². The molecule has 0 saturated carbocycles. The third-order valence-electron chi connectivity index (χ3n) is 3.78. The Morgan fingerprint density at radius 3 is 2.69 bits per heavy atom. The van der Waals surface area contributed by atoms with Gasteiger partial charge in [-0.25, -0.2) is 4.98 Å². The molecular weight excluding hydrogens is 412 g/mol. The highest BCUT2D eigenvalue weighted by molar-refractivity contribution is 9.10. The van der Waals surface area contributed by atoms with Gasteiger partial charge in [0.2, 0.25) is 5.91 Å². The fourth-order valence-corrected chi connectivity index (χ4v) is 3.38. The van der Waals surface area contributed by atoms with Gasteiger partial charge >= 0.3 is 0 Å². The van der Waals surface area contributed by atoms with Crippen molar-refractivity contribution in [2.75, 3.05) is 11.1 Å². The first-order chi connectivity index (χ1) is 12.5. The lowest BCUT2D eigenvalue weighted by Gasteiger charge is -2.08. The van der Waals surface area contributed by atoms with E-state index in [1.54, 1.807) is 6.20 Å². The second-order valence-corrected chi connectivity index (χ2v) is 7.96. The van der Waals surface area contributed by atoms with Gasteiger partial charge in [0.25, 0.3) is 5.22 Å². The number of hydrogen-bond donors (Lipinski definition) is 1. The lowest BCUT2D eigenvalue weighted by Crippen LogP contribution is -2.13. The SMILES string of the molecule is CC(C)c1ccc(NC(=O)CSc2ncc(-c3cccc(Br)c3)o2)cc1. The molecule has 3 rings (SSSR count). The first-order valence-electron chi connectivity index (χ1n) is 8.25. The van der Waals surface area contributed by atoms with Crippen molar-refractivity contribution in [2.45, 2.75) is 25.0 Å². The van der Waals surface area contributed by atoms with Crippen LogP contribution in [-0.4, -0.2) is 16.6 Å². The average Bonchev–Trinajstić information content (AvgIpc) is 3.09. The number of nitrogens with zero attached hydrogens (tertiary/aromatic N) is 1. The summed E-state index contributed by atoms with van der Waals surface area (Å²) in [5.74, 6) is 1.30. The van der Waals surface area contributed by atoms with Gasteiger partial charge in [-0.1, -0.05) is 65.8 Å². The van der Waals surface area contributed by atoms with Crippen LogP contribution < -0.4 is 5.32 Å². The minimum atomic E-state index is -0.0884. The van der Waals surface area contributed by atoms with Crippen molar-refractivity contribution < 1.29 is 9.21 Å². The number of thioether (sulfide) groups is 1. The molecule has 0 saturated heterocycles. The molecule has 0 fully saturated rings. The van der Waals surface area contributed by atoms with Crippen molar-refractivity contribution in [1.29, 1.82) is 0 Å². The maximum absolute atomic E-state index is 12.1. The number of benzene rings is 2. The summed E-state index contributed by atoms with van der Waals surface area (Å²) in [7, 11) is 0. The Kier molecular flexibility index (Phi) is 6.16. The molecule has 4 nitrogen and oxygen atoms in total. The molecule has 1 heterocycles. The number of amides is 1. The smallest absolute Gasteiger partial charge is 0.256 e. The van der Waals surface area contributed by atoms with Crippen LogP contribution in [0.2, 0.25) is 0 Å². The molecule has 0 bridgehead atoms. The van der Waals surface area contributed by atoms with E-state index >= 15 is 0 Å². The van der Waals surface area contributed by atoms with Crippen molar-refractivity contribution in [3.05, 3.63) is 64.8 Å². The highest BCUT2D eigenvalue weighted by atomic mass is 79.9. The van der Waals surface area contributed by atoms with Crippen LogP contribution in [0.5, 0.6) is 0 Å². The molecule has 0 atom stereocenters. The van der Waals surface area contributed by atoms with Crippen molar-refractivity contribution in [2.24, 2.45) is 0 Å². The van der Waals surface area contributed by atoms with E-state index in [-0.39, 0.29) is 11.7 Å². The number of carbonyl (C=O) groups excluding carboxylic acids is 1. The molecule has 0 aliphatic heterocycles. The zero-order chi connectivity index (χ0) is 18.5. The maximum Gasteiger partial charge on any atom is 0.256 e. The average molecular weight is 431 g/mol. The van der Waals surface area contributed by atoms with Gasteiger partial charge in [-0.05, 0) is 35.7 Å². The summed E-state index contributed by atoms with van der Waals surface area (Å²) in [4.78, 5) is 16.4. The Morgan fingerprint density at radius 2 is 2.00 bits per heavy atom. The van der Waals surface area contributed by atoms with Crippen LogP contribution in [0.1, 0.15) is 25.3 Å². The van der Waals surface area contributed by atoms with Crippen LogP contribution in [-0.2, 0) is 4.79 Å². The molecule has 0 aliphatic carbocycles. The van der Waals surface area contributed by atoms with E-state index in [1.807, 2.05) is 48.5 Å². The molecule has 2 aromatic carbocycles. The molecule has 0 radical (unpaired) electrons. The summed E-state index contributed by atoms with van der Waals surface area (Å²) in [5, 5.41) is 3.37. The van der Waals surface area contributed by atoms with E-state index in [4.69, 9.17) is 4.42 Å². The minimum Gasteiger partial charge on any atom is -0.431 e. The predicted molar refractivity (Wildman–Crippen MR) is 110 cm³/mol. The minimum absolute atomic E-state index is 0.0884. The van der Waals surface area contributed by atoms with Crippen LogP contribution >= 0.6 is 27.7 Å². The molecule has 0 unspecified atom stereocenters. The second kappa shape index (κ2) is 8.56. The second-order valence-electron chi connectivity index (χ2n) is 6.11. The van der Waals surface area contributed by atoms with Crippen molar-refractivity contribution in [1.82, 2.24) is 4.98 Å². The van der Waals surface area contributed by atoms with E-state index in [1.165, 1.54) is 17.3 Å². The number of halogens is 1. The molecule has 1 amide bonds. The number of aromatic nitrogens is 1. The van der Waals surface area contributed by atoms with Crippen LogP contribution in [0, 0.1) is 0 Å². The Hall–Kier alpha value is -2.05. The number of oxazole rings is 1. The van der Waals surface area contributed by atoms with Gasteiger partial charge in [-0.3, -0.25) is 4.79 Å². The number of carbonyl (C=O) groups is 1. The molecule has 134 valence electrons. The number of rotatable bonds is 6. The normalized spacial score (nSPS) is 10.9. The quantitative estimate of drug-likeness (QED) is 0.490. The summed E-state index contributed by atoms with van der Waals surface area (Å²) in [5.41, 5.74) is 2.98. The lowest BCUT2D eigenvalue weighted by atomic mass is 10.0. The van der Waals surface area contributed by atoms with Crippen molar-refractivity contribution >= 4 is 39.3 Å². The van der Waals surface area contributed by atoms with Crippen LogP contribution in [0.25, 0.3) is 11.3 Å². The summed E-state index contributed by atoms with van der Waals surface area (Å²) >= 11 is 4.71. The Balaban J connectivity index is 1.55. The fourth-order valence-electron chi connectivity index (χ4n) is 2.38. The van der Waals surface area contributed by atoms with Gasteiger partial charge in [0.1, 0.15) is 0 Å². The molecule has 0 spiro atoms. The number of nitrogens with one attached hydrogen (secondary N) is 1. The predicted octanol–water partition coefficient (Wildman–Crippen LogP) is 5.96. The summed E-state index contributed by atoms with van der Waals surface area (Å²) in [6, 6.07) is 15.7. The van der Waals surface area contributed by atoms with Gasteiger partial charge in [-0.15, -0.1) is 0 Å². The van der Waals surface area contributed by atoms with Gasteiger partial charge in [0.05, 0.1) is 11.9 Å². The summed E-state index contributed by atoms with van der Waals surface area (Å²) < 4.78 is 6.69. The molecule has 0 aliphatic rings. The molecular formula is C20H19BrN2O2S. The topological polar surface area (TPSA) is 55.1 Å². The zero-order valence-electron chi connectivity index (χ0n) is 14.5. The zero-order valence-corrected chi connectivity index (χ0v) is 16.9. The molecule has 26 heavy (non-hydrogen) atoms. The third-order valence-corrected chi connectivity index (χ3v) is 5.12. The van der Waals surface area contributed by atoms with E-state index in [0.717, 1.165) is 15.7 Å². The number of hydrogen-bond acceptors (Lipinski definition) is 4. The van der Waals surface area contributed by atoms with E-state index in [2.05, 4.69) is 40.1 Å². The first-order valence-corrected chi connectivity index (χ1v) is 10.0. The van der Waals surface area contributed by atoms with E-state index in [0.29, 0.717) is 16.9 Å². The van der Waals surface area contributed by atoms with Crippen molar-refractivity contribution in [3.63, 3.8) is 0 Å². The molecule has 6 heteroatoms. The van der Waals surface area contributed by atoms with Gasteiger partial charge in [0.15, 0.2) is 5.76 Å².